The molecule has 0 bridgehead atoms. The average Bonchev–Trinajstić information content (AvgIpc) is 3.15. The van der Waals surface area contributed by atoms with Gasteiger partial charge in [0.05, 0.1) is 5.69 Å². The Kier molecular flexibility index (Phi) is 5.16. The van der Waals surface area contributed by atoms with Crippen LogP contribution in [-0.4, -0.2) is 53.3 Å². The number of hydrogen-bond acceptors (Lipinski definition) is 5. The standard InChI is InChI=1S/C20H23ClN4O2/c1-14(27-17-6-3-5-16(21)13-17)20(26)25-10-8-24(9-11-25)19-12-15-4-2-7-18(15)22-23-19/h3,5-6,12-14H,2,4,7-11H2,1H3. The van der Waals surface area contributed by atoms with Crippen LogP contribution in [-0.2, 0) is 17.6 Å². The number of ether oxygens (including phenoxy) is 1. The molecule has 1 aromatic heterocycles. The molecule has 2 heterocycles. The van der Waals surface area contributed by atoms with Crippen molar-refractivity contribution in [2.45, 2.75) is 32.3 Å². The minimum absolute atomic E-state index is 0.00494. The molecule has 1 amide bonds. The summed E-state index contributed by atoms with van der Waals surface area (Å²) in [6.45, 7) is 4.59. The van der Waals surface area contributed by atoms with Gasteiger partial charge in [0.25, 0.3) is 5.91 Å². The van der Waals surface area contributed by atoms with Gasteiger partial charge >= 0.3 is 0 Å². The van der Waals surface area contributed by atoms with Crippen molar-refractivity contribution in [2.75, 3.05) is 31.1 Å². The van der Waals surface area contributed by atoms with Crippen molar-refractivity contribution in [3.8, 4) is 5.75 Å². The molecular weight excluding hydrogens is 364 g/mol. The highest BCUT2D eigenvalue weighted by molar-refractivity contribution is 6.30. The topological polar surface area (TPSA) is 58.6 Å². The van der Waals surface area contributed by atoms with Gasteiger partial charge in [-0.1, -0.05) is 17.7 Å². The number of anilines is 1. The molecule has 1 fully saturated rings. The van der Waals surface area contributed by atoms with Crippen LogP contribution in [0.15, 0.2) is 30.3 Å². The first-order valence-electron chi connectivity index (χ1n) is 9.41. The second-order valence-corrected chi connectivity index (χ2v) is 7.49. The van der Waals surface area contributed by atoms with Gasteiger partial charge < -0.3 is 14.5 Å². The molecule has 1 atom stereocenters. The van der Waals surface area contributed by atoms with Gasteiger partial charge in [-0.15, -0.1) is 5.10 Å². The van der Waals surface area contributed by atoms with Crippen LogP contribution in [0.4, 0.5) is 5.82 Å². The molecule has 27 heavy (non-hydrogen) atoms. The fourth-order valence-electron chi connectivity index (χ4n) is 3.68. The zero-order valence-corrected chi connectivity index (χ0v) is 16.2. The number of nitrogens with zero attached hydrogens (tertiary/aromatic N) is 4. The van der Waals surface area contributed by atoms with E-state index in [0.717, 1.165) is 37.4 Å². The van der Waals surface area contributed by atoms with Gasteiger partial charge in [0.1, 0.15) is 5.75 Å². The highest BCUT2D eigenvalue weighted by Crippen LogP contribution is 2.24. The van der Waals surface area contributed by atoms with Crippen molar-refractivity contribution in [1.82, 2.24) is 15.1 Å². The van der Waals surface area contributed by atoms with Crippen LogP contribution in [0, 0.1) is 0 Å². The third-order valence-electron chi connectivity index (χ3n) is 5.18. The SMILES string of the molecule is CC(Oc1cccc(Cl)c1)C(=O)N1CCN(c2cc3c(nn2)CCC3)CC1. The first-order chi connectivity index (χ1) is 13.1. The molecular formula is C20H23ClN4O2. The number of fused-ring (bicyclic) bond motifs is 1. The summed E-state index contributed by atoms with van der Waals surface area (Å²) < 4.78 is 5.76. The number of carbonyl (C=O) groups is 1. The van der Waals surface area contributed by atoms with E-state index >= 15 is 0 Å². The van der Waals surface area contributed by atoms with Gasteiger partial charge in [0, 0.05) is 31.2 Å². The summed E-state index contributed by atoms with van der Waals surface area (Å²) in [5.74, 6) is 1.52. The number of carbonyl (C=O) groups excluding carboxylic acids is 1. The van der Waals surface area contributed by atoms with Crippen LogP contribution >= 0.6 is 11.6 Å². The van der Waals surface area contributed by atoms with Crippen LogP contribution in [0.25, 0.3) is 0 Å². The molecule has 0 N–H and O–H groups in total. The molecule has 6 nitrogen and oxygen atoms in total. The highest BCUT2D eigenvalue weighted by atomic mass is 35.5. The summed E-state index contributed by atoms with van der Waals surface area (Å²) in [5.41, 5.74) is 2.46. The summed E-state index contributed by atoms with van der Waals surface area (Å²) in [6, 6.07) is 9.28. The first-order valence-corrected chi connectivity index (χ1v) is 9.79. The zero-order valence-electron chi connectivity index (χ0n) is 15.4. The normalized spacial score (nSPS) is 17.6. The van der Waals surface area contributed by atoms with Crippen molar-refractivity contribution in [1.29, 1.82) is 0 Å². The van der Waals surface area contributed by atoms with E-state index in [4.69, 9.17) is 16.3 Å². The Morgan fingerprint density at radius 1 is 1.15 bits per heavy atom. The lowest BCUT2D eigenvalue weighted by Crippen LogP contribution is -2.52. The van der Waals surface area contributed by atoms with Gasteiger partial charge in [-0.05, 0) is 56.0 Å². The molecule has 1 saturated heterocycles. The monoisotopic (exact) mass is 386 g/mol. The maximum atomic E-state index is 12.7. The molecule has 4 rings (SSSR count). The molecule has 2 aromatic rings. The van der Waals surface area contributed by atoms with Gasteiger partial charge in [0.2, 0.25) is 0 Å². The largest absolute Gasteiger partial charge is 0.481 e. The van der Waals surface area contributed by atoms with Crippen LogP contribution in [0.1, 0.15) is 24.6 Å². The number of piperazine rings is 1. The number of hydrogen-bond donors (Lipinski definition) is 0. The highest BCUT2D eigenvalue weighted by Gasteiger charge is 2.27. The lowest BCUT2D eigenvalue weighted by Gasteiger charge is -2.36. The van der Waals surface area contributed by atoms with Crippen LogP contribution in [0.2, 0.25) is 5.02 Å². The Balaban J connectivity index is 1.33. The molecule has 7 heteroatoms. The second kappa shape index (κ2) is 7.72. The third kappa shape index (κ3) is 4.00. The predicted octanol–water partition coefficient (Wildman–Crippen LogP) is 2.73. The Morgan fingerprint density at radius 3 is 2.74 bits per heavy atom. The molecule has 0 radical (unpaired) electrons. The fourth-order valence-corrected chi connectivity index (χ4v) is 3.86. The predicted molar refractivity (Wildman–Crippen MR) is 104 cm³/mol. The van der Waals surface area contributed by atoms with E-state index in [1.54, 1.807) is 25.1 Å². The van der Waals surface area contributed by atoms with Gasteiger partial charge in [-0.2, -0.15) is 5.10 Å². The maximum absolute atomic E-state index is 12.7. The lowest BCUT2D eigenvalue weighted by atomic mass is 10.2. The summed E-state index contributed by atoms with van der Waals surface area (Å²) in [4.78, 5) is 16.8. The summed E-state index contributed by atoms with van der Waals surface area (Å²) in [6.07, 6.45) is 2.75. The third-order valence-corrected chi connectivity index (χ3v) is 5.41. The van der Waals surface area contributed by atoms with Crippen molar-refractivity contribution in [2.24, 2.45) is 0 Å². The Labute approximate surface area is 164 Å². The minimum atomic E-state index is -0.546. The lowest BCUT2D eigenvalue weighted by molar-refractivity contribution is -0.138. The molecule has 1 aromatic carbocycles. The Bertz CT molecular complexity index is 836. The van der Waals surface area contributed by atoms with Crippen LogP contribution in [0.5, 0.6) is 5.75 Å². The first kappa shape index (κ1) is 18.0. The van der Waals surface area contributed by atoms with E-state index < -0.39 is 6.10 Å². The maximum Gasteiger partial charge on any atom is 0.263 e. The van der Waals surface area contributed by atoms with Gasteiger partial charge in [-0.3, -0.25) is 4.79 Å². The van der Waals surface area contributed by atoms with E-state index in [0.29, 0.717) is 23.9 Å². The summed E-state index contributed by atoms with van der Waals surface area (Å²) in [5, 5.41) is 9.34. The number of aromatic nitrogens is 2. The van der Waals surface area contributed by atoms with Crippen molar-refractivity contribution in [3.63, 3.8) is 0 Å². The van der Waals surface area contributed by atoms with E-state index in [1.807, 2.05) is 11.0 Å². The number of halogens is 1. The van der Waals surface area contributed by atoms with E-state index in [9.17, 15) is 4.79 Å². The molecule has 142 valence electrons. The zero-order chi connectivity index (χ0) is 18.8. The molecule has 0 spiro atoms. The average molecular weight is 387 g/mol. The smallest absolute Gasteiger partial charge is 0.263 e. The summed E-state index contributed by atoms with van der Waals surface area (Å²) >= 11 is 5.97. The second-order valence-electron chi connectivity index (χ2n) is 7.06. The van der Waals surface area contributed by atoms with Crippen molar-refractivity contribution < 1.29 is 9.53 Å². The van der Waals surface area contributed by atoms with Gasteiger partial charge in [0.15, 0.2) is 11.9 Å². The van der Waals surface area contributed by atoms with E-state index in [1.165, 1.54) is 12.0 Å². The van der Waals surface area contributed by atoms with E-state index in [2.05, 4.69) is 21.2 Å². The minimum Gasteiger partial charge on any atom is -0.481 e. The summed E-state index contributed by atoms with van der Waals surface area (Å²) in [7, 11) is 0. The Morgan fingerprint density at radius 2 is 1.96 bits per heavy atom. The number of rotatable bonds is 4. The molecule has 1 unspecified atom stereocenters. The molecule has 1 aliphatic carbocycles. The fraction of sp³-hybridized carbons (Fsp3) is 0.450. The van der Waals surface area contributed by atoms with E-state index in [-0.39, 0.29) is 5.91 Å². The van der Waals surface area contributed by atoms with Crippen LogP contribution < -0.4 is 9.64 Å². The van der Waals surface area contributed by atoms with Crippen molar-refractivity contribution >= 4 is 23.3 Å². The molecule has 2 aliphatic rings. The van der Waals surface area contributed by atoms with Crippen molar-refractivity contribution in [3.05, 3.63) is 46.6 Å². The van der Waals surface area contributed by atoms with Gasteiger partial charge in [-0.25, -0.2) is 0 Å². The van der Waals surface area contributed by atoms with Crippen LogP contribution in [0.3, 0.4) is 0 Å². The quantitative estimate of drug-likeness (QED) is 0.808. The number of amides is 1. The Hall–Kier alpha value is -2.34. The molecule has 1 aliphatic heterocycles. The number of aryl methyl sites for hydroxylation is 2. The number of benzene rings is 1. The molecule has 0 saturated carbocycles.